The highest BCUT2D eigenvalue weighted by Gasteiger charge is 2.21. The minimum absolute atomic E-state index is 0.559. The molecule has 1 N–H and O–H groups in total. The summed E-state index contributed by atoms with van der Waals surface area (Å²) in [6.45, 7) is 5.49. The summed E-state index contributed by atoms with van der Waals surface area (Å²) in [4.78, 5) is 0. The second kappa shape index (κ2) is 4.76. The van der Waals surface area contributed by atoms with E-state index >= 15 is 0 Å². The Labute approximate surface area is 102 Å². The second-order valence-corrected chi connectivity index (χ2v) is 5.32. The van der Waals surface area contributed by atoms with Crippen molar-refractivity contribution in [3.63, 3.8) is 0 Å². The topological polar surface area (TPSA) is 29.9 Å². The fourth-order valence-electron chi connectivity index (χ4n) is 2.53. The SMILES string of the molecule is Cc1nn(C)c(Cl)c1CC1CC(C)CCN1. The molecule has 2 rings (SSSR count). The smallest absolute Gasteiger partial charge is 0.130 e. The number of hydrogen-bond acceptors (Lipinski definition) is 2. The van der Waals surface area contributed by atoms with Crippen molar-refractivity contribution < 1.29 is 0 Å². The monoisotopic (exact) mass is 241 g/mol. The molecule has 1 fully saturated rings. The van der Waals surface area contributed by atoms with Crippen molar-refractivity contribution in [3.8, 4) is 0 Å². The minimum atomic E-state index is 0.559. The lowest BCUT2D eigenvalue weighted by Gasteiger charge is -2.28. The molecule has 0 saturated carbocycles. The molecule has 1 aliphatic rings. The Morgan fingerprint density at radius 2 is 2.31 bits per heavy atom. The largest absolute Gasteiger partial charge is 0.314 e. The van der Waals surface area contributed by atoms with Gasteiger partial charge in [-0.25, -0.2) is 0 Å². The van der Waals surface area contributed by atoms with E-state index in [9.17, 15) is 0 Å². The highest BCUT2D eigenvalue weighted by Crippen LogP contribution is 2.24. The van der Waals surface area contributed by atoms with Crippen LogP contribution in [0.2, 0.25) is 5.15 Å². The van der Waals surface area contributed by atoms with Crippen molar-refractivity contribution in [1.29, 1.82) is 0 Å². The number of aromatic nitrogens is 2. The fraction of sp³-hybridized carbons (Fsp3) is 0.750. The quantitative estimate of drug-likeness (QED) is 0.861. The number of piperidine rings is 1. The van der Waals surface area contributed by atoms with Crippen molar-refractivity contribution in [3.05, 3.63) is 16.4 Å². The Hall–Kier alpha value is -0.540. The summed E-state index contributed by atoms with van der Waals surface area (Å²) >= 11 is 6.24. The summed E-state index contributed by atoms with van der Waals surface area (Å²) in [7, 11) is 1.90. The average Bonchev–Trinajstić information content (AvgIpc) is 2.45. The molecule has 0 amide bonds. The van der Waals surface area contributed by atoms with Crippen LogP contribution in [0.25, 0.3) is 0 Å². The summed E-state index contributed by atoms with van der Waals surface area (Å²) in [5.74, 6) is 0.821. The minimum Gasteiger partial charge on any atom is -0.314 e. The number of nitrogens with zero attached hydrogens (tertiary/aromatic N) is 2. The number of rotatable bonds is 2. The van der Waals surface area contributed by atoms with Crippen molar-refractivity contribution in [1.82, 2.24) is 15.1 Å². The maximum atomic E-state index is 6.24. The molecule has 1 aliphatic heterocycles. The zero-order chi connectivity index (χ0) is 11.7. The Morgan fingerprint density at radius 3 is 2.88 bits per heavy atom. The molecule has 2 unspecified atom stereocenters. The summed E-state index contributed by atoms with van der Waals surface area (Å²) in [6, 6.07) is 0.559. The maximum absolute atomic E-state index is 6.24. The van der Waals surface area contributed by atoms with Crippen molar-refractivity contribution in [2.24, 2.45) is 13.0 Å². The highest BCUT2D eigenvalue weighted by molar-refractivity contribution is 6.30. The maximum Gasteiger partial charge on any atom is 0.130 e. The molecule has 0 radical (unpaired) electrons. The fourth-order valence-corrected chi connectivity index (χ4v) is 2.78. The van der Waals surface area contributed by atoms with Crippen LogP contribution in [0.15, 0.2) is 0 Å². The second-order valence-electron chi connectivity index (χ2n) is 4.96. The van der Waals surface area contributed by atoms with Crippen LogP contribution in [0.4, 0.5) is 0 Å². The van der Waals surface area contributed by atoms with Gasteiger partial charge in [0.15, 0.2) is 0 Å². The van der Waals surface area contributed by atoms with Gasteiger partial charge < -0.3 is 5.32 Å². The van der Waals surface area contributed by atoms with Crippen LogP contribution in [0.5, 0.6) is 0 Å². The molecule has 0 bridgehead atoms. The van der Waals surface area contributed by atoms with Crippen molar-refractivity contribution in [2.75, 3.05) is 6.54 Å². The van der Waals surface area contributed by atoms with Crippen LogP contribution >= 0.6 is 11.6 Å². The number of aryl methyl sites for hydroxylation is 2. The van der Waals surface area contributed by atoms with Crippen LogP contribution in [0.3, 0.4) is 0 Å². The van der Waals surface area contributed by atoms with Gasteiger partial charge in [-0.15, -0.1) is 0 Å². The van der Waals surface area contributed by atoms with E-state index in [4.69, 9.17) is 11.6 Å². The molecular formula is C12H20ClN3. The van der Waals surface area contributed by atoms with Gasteiger partial charge in [0.25, 0.3) is 0 Å². The summed E-state index contributed by atoms with van der Waals surface area (Å²) < 4.78 is 1.76. The molecule has 3 nitrogen and oxygen atoms in total. The molecule has 4 heteroatoms. The normalized spacial score (nSPS) is 26.0. The van der Waals surface area contributed by atoms with Crippen LogP contribution < -0.4 is 5.32 Å². The van der Waals surface area contributed by atoms with E-state index < -0.39 is 0 Å². The molecular weight excluding hydrogens is 222 g/mol. The van der Waals surface area contributed by atoms with E-state index in [2.05, 4.69) is 17.3 Å². The first kappa shape index (κ1) is 11.9. The van der Waals surface area contributed by atoms with Crippen LogP contribution in [0.1, 0.15) is 31.0 Å². The van der Waals surface area contributed by atoms with Crippen molar-refractivity contribution >= 4 is 11.6 Å². The van der Waals surface area contributed by atoms with Gasteiger partial charge in [-0.3, -0.25) is 4.68 Å². The lowest BCUT2D eigenvalue weighted by molar-refractivity contribution is 0.318. The molecule has 16 heavy (non-hydrogen) atoms. The lowest BCUT2D eigenvalue weighted by atomic mass is 9.91. The summed E-state index contributed by atoms with van der Waals surface area (Å²) in [6.07, 6.45) is 3.53. The van der Waals surface area contributed by atoms with Gasteiger partial charge in [0.2, 0.25) is 0 Å². The van der Waals surface area contributed by atoms with E-state index in [0.29, 0.717) is 6.04 Å². The standard InChI is InChI=1S/C12H20ClN3/c1-8-4-5-14-10(6-8)7-11-9(2)15-16(3)12(11)13/h8,10,14H,4-7H2,1-3H3. The Balaban J connectivity index is 2.08. The lowest BCUT2D eigenvalue weighted by Crippen LogP contribution is -2.38. The first-order chi connectivity index (χ1) is 7.58. The molecule has 1 aromatic heterocycles. The Kier molecular flexibility index (Phi) is 3.55. The molecule has 2 heterocycles. The molecule has 0 aliphatic carbocycles. The van der Waals surface area contributed by atoms with E-state index in [1.165, 1.54) is 18.4 Å². The third-order valence-electron chi connectivity index (χ3n) is 3.48. The summed E-state index contributed by atoms with van der Waals surface area (Å²) in [5.41, 5.74) is 2.27. The average molecular weight is 242 g/mol. The van der Waals surface area contributed by atoms with Crippen LogP contribution in [-0.4, -0.2) is 22.4 Å². The predicted molar refractivity (Wildman–Crippen MR) is 66.8 cm³/mol. The molecule has 1 aromatic rings. The van der Waals surface area contributed by atoms with Gasteiger partial charge in [-0.1, -0.05) is 18.5 Å². The van der Waals surface area contributed by atoms with E-state index in [1.807, 2.05) is 14.0 Å². The van der Waals surface area contributed by atoms with Gasteiger partial charge >= 0.3 is 0 Å². The number of hydrogen-bond donors (Lipinski definition) is 1. The van der Waals surface area contributed by atoms with E-state index in [1.54, 1.807) is 4.68 Å². The third kappa shape index (κ3) is 2.41. The first-order valence-electron chi connectivity index (χ1n) is 5.99. The zero-order valence-corrected chi connectivity index (χ0v) is 11.0. The van der Waals surface area contributed by atoms with Gasteiger partial charge in [0, 0.05) is 18.7 Å². The van der Waals surface area contributed by atoms with Gasteiger partial charge in [0.05, 0.1) is 5.69 Å². The molecule has 90 valence electrons. The Morgan fingerprint density at radius 1 is 1.56 bits per heavy atom. The van der Waals surface area contributed by atoms with E-state index in [0.717, 1.165) is 29.7 Å². The third-order valence-corrected chi connectivity index (χ3v) is 3.95. The van der Waals surface area contributed by atoms with Crippen LogP contribution in [-0.2, 0) is 13.5 Å². The highest BCUT2D eigenvalue weighted by atomic mass is 35.5. The van der Waals surface area contributed by atoms with Crippen LogP contribution in [0, 0.1) is 12.8 Å². The van der Waals surface area contributed by atoms with Gasteiger partial charge in [-0.05, 0) is 38.6 Å². The van der Waals surface area contributed by atoms with Gasteiger partial charge in [0.1, 0.15) is 5.15 Å². The number of halogens is 1. The predicted octanol–water partition coefficient (Wildman–Crippen LogP) is 2.31. The number of nitrogens with one attached hydrogen (secondary N) is 1. The first-order valence-corrected chi connectivity index (χ1v) is 6.37. The Bertz CT molecular complexity index is 373. The molecule has 2 atom stereocenters. The molecule has 0 spiro atoms. The van der Waals surface area contributed by atoms with Gasteiger partial charge in [-0.2, -0.15) is 5.10 Å². The molecule has 1 saturated heterocycles. The zero-order valence-electron chi connectivity index (χ0n) is 10.3. The van der Waals surface area contributed by atoms with E-state index in [-0.39, 0.29) is 0 Å². The summed E-state index contributed by atoms with van der Waals surface area (Å²) in [5, 5.41) is 8.71. The molecule has 0 aromatic carbocycles. The van der Waals surface area contributed by atoms with Crippen molar-refractivity contribution in [2.45, 2.75) is 39.2 Å².